The average Bonchev–Trinajstić information content (AvgIpc) is 3.29. The number of carbonyl (C=O) groups excluding carboxylic acids is 1. The van der Waals surface area contributed by atoms with Crippen LogP contribution in [0.1, 0.15) is 11.1 Å². The van der Waals surface area contributed by atoms with Gasteiger partial charge >= 0.3 is 0 Å². The zero-order valence-electron chi connectivity index (χ0n) is 18.9. The second kappa shape index (κ2) is 9.49. The van der Waals surface area contributed by atoms with Crippen LogP contribution in [0.2, 0.25) is 0 Å². The molecule has 0 spiro atoms. The van der Waals surface area contributed by atoms with E-state index in [9.17, 15) is 4.79 Å². The van der Waals surface area contributed by atoms with Crippen LogP contribution in [0.5, 0.6) is 0 Å². The van der Waals surface area contributed by atoms with Crippen molar-refractivity contribution in [2.45, 2.75) is 19.0 Å². The molecule has 1 N–H and O–H groups in total. The lowest BCUT2D eigenvalue weighted by atomic mass is 10.1. The Labute approximate surface area is 202 Å². The van der Waals surface area contributed by atoms with Crippen molar-refractivity contribution in [1.82, 2.24) is 19.7 Å². The number of benzene rings is 3. The predicted octanol–water partition coefficient (Wildman–Crippen LogP) is 5.83. The van der Waals surface area contributed by atoms with Crippen molar-refractivity contribution in [3.63, 3.8) is 0 Å². The van der Waals surface area contributed by atoms with Gasteiger partial charge < -0.3 is 5.32 Å². The van der Waals surface area contributed by atoms with Crippen molar-refractivity contribution >= 4 is 34.1 Å². The molecule has 2 heterocycles. The predicted molar refractivity (Wildman–Crippen MR) is 137 cm³/mol. The van der Waals surface area contributed by atoms with E-state index in [0.717, 1.165) is 27.7 Å². The number of thioether (sulfide) groups is 1. The maximum absolute atomic E-state index is 12.9. The van der Waals surface area contributed by atoms with Crippen LogP contribution in [0, 0.1) is 13.8 Å². The second-order valence-electron chi connectivity index (χ2n) is 8.01. The number of carbonyl (C=O) groups is 1. The number of fused-ring (bicyclic) bond motifs is 1. The fourth-order valence-electron chi connectivity index (χ4n) is 3.80. The molecule has 2 aromatic heterocycles. The van der Waals surface area contributed by atoms with Crippen LogP contribution >= 0.6 is 11.8 Å². The van der Waals surface area contributed by atoms with Crippen LogP contribution in [-0.4, -0.2) is 31.4 Å². The van der Waals surface area contributed by atoms with Gasteiger partial charge in [-0.2, -0.15) is 0 Å². The lowest BCUT2D eigenvalue weighted by Crippen LogP contribution is -2.15. The summed E-state index contributed by atoms with van der Waals surface area (Å²) in [5.74, 6) is 0.826. The van der Waals surface area contributed by atoms with Crippen LogP contribution in [0.3, 0.4) is 0 Å². The van der Waals surface area contributed by atoms with E-state index < -0.39 is 0 Å². The number of nitrogens with one attached hydrogen (secondary N) is 1. The van der Waals surface area contributed by atoms with Crippen molar-refractivity contribution in [3.8, 4) is 17.1 Å². The van der Waals surface area contributed by atoms with E-state index >= 15 is 0 Å². The molecule has 7 heteroatoms. The summed E-state index contributed by atoms with van der Waals surface area (Å²) < 4.78 is 2.00. The Kier molecular flexibility index (Phi) is 6.10. The van der Waals surface area contributed by atoms with Crippen molar-refractivity contribution in [2.75, 3.05) is 11.1 Å². The number of amides is 1. The first-order valence-corrected chi connectivity index (χ1v) is 11.9. The molecule has 0 atom stereocenters. The van der Waals surface area contributed by atoms with Gasteiger partial charge in [0.1, 0.15) is 0 Å². The Morgan fingerprint density at radius 3 is 2.53 bits per heavy atom. The third-order valence-electron chi connectivity index (χ3n) is 5.72. The number of hydrogen-bond donors (Lipinski definition) is 1. The topological polar surface area (TPSA) is 72.7 Å². The summed E-state index contributed by atoms with van der Waals surface area (Å²) in [6.45, 7) is 4.17. The second-order valence-corrected chi connectivity index (χ2v) is 8.95. The smallest absolute Gasteiger partial charge is 0.234 e. The summed E-state index contributed by atoms with van der Waals surface area (Å²) >= 11 is 1.36. The SMILES string of the molecule is Cc1ccc(-n2c(SCC(=O)Nc3cccc4ccccc34)nnc2-c2ccncc2)cc1C. The highest BCUT2D eigenvalue weighted by molar-refractivity contribution is 7.99. The van der Waals surface area contributed by atoms with E-state index in [0.29, 0.717) is 11.0 Å². The van der Waals surface area contributed by atoms with Gasteiger partial charge in [0.25, 0.3) is 0 Å². The lowest BCUT2D eigenvalue weighted by Gasteiger charge is -2.12. The fourth-order valence-corrected chi connectivity index (χ4v) is 4.55. The molecule has 6 nitrogen and oxygen atoms in total. The van der Waals surface area contributed by atoms with E-state index in [1.807, 2.05) is 59.2 Å². The minimum Gasteiger partial charge on any atom is -0.325 e. The summed E-state index contributed by atoms with van der Waals surface area (Å²) in [7, 11) is 0. The molecule has 5 aromatic rings. The maximum Gasteiger partial charge on any atom is 0.234 e. The minimum atomic E-state index is -0.0959. The van der Waals surface area contributed by atoms with Crippen LogP contribution in [-0.2, 0) is 4.79 Å². The van der Waals surface area contributed by atoms with E-state index in [4.69, 9.17) is 0 Å². The number of aromatic nitrogens is 4. The zero-order chi connectivity index (χ0) is 23.5. The number of aryl methyl sites for hydroxylation is 2. The third kappa shape index (κ3) is 4.43. The Bertz CT molecular complexity index is 1470. The third-order valence-corrected chi connectivity index (χ3v) is 6.65. The summed E-state index contributed by atoms with van der Waals surface area (Å²) in [5.41, 5.74) is 5.06. The maximum atomic E-state index is 12.9. The van der Waals surface area contributed by atoms with Crippen molar-refractivity contribution in [3.05, 3.63) is 96.3 Å². The summed E-state index contributed by atoms with van der Waals surface area (Å²) in [6.07, 6.45) is 3.47. The van der Waals surface area contributed by atoms with Gasteiger partial charge in [0.15, 0.2) is 11.0 Å². The zero-order valence-corrected chi connectivity index (χ0v) is 19.7. The minimum absolute atomic E-state index is 0.0959. The molecule has 0 fully saturated rings. The molecular weight excluding hydrogens is 442 g/mol. The Morgan fingerprint density at radius 1 is 0.912 bits per heavy atom. The Morgan fingerprint density at radius 2 is 1.71 bits per heavy atom. The van der Waals surface area contributed by atoms with Crippen LogP contribution in [0.15, 0.2) is 90.3 Å². The molecular formula is C27H23N5OS. The number of anilines is 1. The standard InChI is InChI=1S/C27H23N5OS/c1-18-10-11-22(16-19(18)2)32-26(21-12-14-28-15-13-21)30-31-27(32)34-17-25(33)29-24-9-5-7-20-6-3-4-8-23(20)24/h3-16H,17H2,1-2H3,(H,29,33). The van der Waals surface area contributed by atoms with Crippen molar-refractivity contribution in [1.29, 1.82) is 0 Å². The van der Waals surface area contributed by atoms with Gasteiger partial charge in [-0.1, -0.05) is 54.2 Å². The van der Waals surface area contributed by atoms with Crippen molar-refractivity contribution in [2.24, 2.45) is 0 Å². The Hall–Kier alpha value is -3.97. The molecule has 0 aliphatic carbocycles. The molecule has 0 saturated carbocycles. The summed E-state index contributed by atoms with van der Waals surface area (Å²) in [4.78, 5) is 17.0. The van der Waals surface area contributed by atoms with Crippen molar-refractivity contribution < 1.29 is 4.79 Å². The highest BCUT2D eigenvalue weighted by Gasteiger charge is 2.18. The van der Waals surface area contributed by atoms with Gasteiger partial charge in [0.2, 0.25) is 5.91 Å². The first-order chi connectivity index (χ1) is 16.6. The molecule has 0 unspecified atom stereocenters. The molecule has 34 heavy (non-hydrogen) atoms. The number of hydrogen-bond acceptors (Lipinski definition) is 5. The summed E-state index contributed by atoms with van der Waals surface area (Å²) in [5, 5.41) is 14.7. The molecule has 1 amide bonds. The van der Waals surface area contributed by atoms with Gasteiger partial charge in [-0.3, -0.25) is 14.3 Å². The van der Waals surface area contributed by atoms with Crippen LogP contribution < -0.4 is 5.32 Å². The average molecular weight is 466 g/mol. The van der Waals surface area contributed by atoms with Gasteiger partial charge in [0, 0.05) is 29.0 Å². The Balaban J connectivity index is 1.43. The first kappa shape index (κ1) is 21.9. The molecule has 3 aromatic carbocycles. The molecule has 168 valence electrons. The monoisotopic (exact) mass is 465 g/mol. The quantitative estimate of drug-likeness (QED) is 0.319. The number of pyridine rings is 1. The summed E-state index contributed by atoms with van der Waals surface area (Å²) in [6, 6.07) is 24.0. The highest BCUT2D eigenvalue weighted by Crippen LogP contribution is 2.29. The van der Waals surface area contributed by atoms with Crippen LogP contribution in [0.25, 0.3) is 27.8 Å². The lowest BCUT2D eigenvalue weighted by molar-refractivity contribution is -0.113. The molecule has 0 saturated heterocycles. The largest absolute Gasteiger partial charge is 0.325 e. The molecule has 5 rings (SSSR count). The fraction of sp³-hybridized carbons (Fsp3) is 0.111. The molecule has 0 radical (unpaired) electrons. The van der Waals surface area contributed by atoms with Gasteiger partial charge in [0.05, 0.1) is 11.4 Å². The van der Waals surface area contributed by atoms with E-state index in [1.165, 1.54) is 22.9 Å². The van der Waals surface area contributed by atoms with E-state index in [-0.39, 0.29) is 11.7 Å². The molecule has 0 aliphatic heterocycles. The van der Waals surface area contributed by atoms with Gasteiger partial charge in [-0.25, -0.2) is 0 Å². The first-order valence-electron chi connectivity index (χ1n) is 10.9. The van der Waals surface area contributed by atoms with Gasteiger partial charge in [-0.05, 0) is 60.7 Å². The highest BCUT2D eigenvalue weighted by atomic mass is 32.2. The normalized spacial score (nSPS) is 11.0. The van der Waals surface area contributed by atoms with Crippen LogP contribution in [0.4, 0.5) is 5.69 Å². The molecule has 0 aliphatic rings. The van der Waals surface area contributed by atoms with E-state index in [2.05, 4.69) is 52.5 Å². The van der Waals surface area contributed by atoms with Gasteiger partial charge in [-0.15, -0.1) is 10.2 Å². The number of rotatable bonds is 6. The molecule has 0 bridgehead atoms. The number of nitrogens with zero attached hydrogens (tertiary/aromatic N) is 4. The van der Waals surface area contributed by atoms with E-state index in [1.54, 1.807) is 12.4 Å².